The minimum Gasteiger partial charge on any atom is -0.464 e. The number of hydrogen-bond donors (Lipinski definition) is 1. The maximum atomic E-state index is 11.1. The summed E-state index contributed by atoms with van der Waals surface area (Å²) in [6.45, 7) is 7.70. The van der Waals surface area contributed by atoms with Crippen molar-refractivity contribution in [1.29, 1.82) is 0 Å². The van der Waals surface area contributed by atoms with E-state index in [2.05, 4.69) is 4.99 Å². The van der Waals surface area contributed by atoms with Gasteiger partial charge in [-0.1, -0.05) is 20.8 Å². The standard InChI is InChI=1S/C11H16N2O2/c1-8-5-6-13(10(14)15)9(7-12-8)11(2,3)4/h5-7H,1-4H3,(H,14,15). The molecule has 4 heteroatoms. The van der Waals surface area contributed by atoms with Crippen LogP contribution in [0, 0.1) is 5.41 Å². The number of carboxylic acid groups (broad SMARTS) is 1. The Balaban J connectivity index is 3.18. The van der Waals surface area contributed by atoms with E-state index < -0.39 is 6.09 Å². The second kappa shape index (κ2) is 3.88. The fourth-order valence-electron chi connectivity index (χ4n) is 1.25. The quantitative estimate of drug-likeness (QED) is 0.665. The summed E-state index contributed by atoms with van der Waals surface area (Å²) in [5.74, 6) is 0. The Morgan fingerprint density at radius 1 is 1.47 bits per heavy atom. The number of aliphatic imine (C=N–C) groups is 1. The van der Waals surface area contributed by atoms with Gasteiger partial charge >= 0.3 is 6.09 Å². The monoisotopic (exact) mass is 208 g/mol. The smallest absolute Gasteiger partial charge is 0.415 e. The van der Waals surface area contributed by atoms with Crippen LogP contribution < -0.4 is 0 Å². The molecule has 0 bridgehead atoms. The van der Waals surface area contributed by atoms with Crippen molar-refractivity contribution >= 4 is 11.8 Å². The first-order valence-corrected chi connectivity index (χ1v) is 4.78. The summed E-state index contributed by atoms with van der Waals surface area (Å²) >= 11 is 0. The predicted molar refractivity (Wildman–Crippen MR) is 59.7 cm³/mol. The van der Waals surface area contributed by atoms with Gasteiger partial charge in [0, 0.05) is 23.5 Å². The minimum atomic E-state index is -0.989. The highest BCUT2D eigenvalue weighted by molar-refractivity contribution is 5.94. The summed E-state index contributed by atoms with van der Waals surface area (Å²) in [5, 5.41) is 9.07. The van der Waals surface area contributed by atoms with Crippen LogP contribution in [0.4, 0.5) is 4.79 Å². The molecule has 0 fully saturated rings. The third-order valence-electron chi connectivity index (χ3n) is 2.09. The van der Waals surface area contributed by atoms with E-state index in [0.717, 1.165) is 5.71 Å². The first kappa shape index (κ1) is 11.5. The molecule has 0 aromatic rings. The second-order valence-corrected chi connectivity index (χ2v) is 4.50. The number of amides is 1. The molecule has 0 saturated heterocycles. The number of rotatable bonds is 0. The summed E-state index contributed by atoms with van der Waals surface area (Å²) in [6.07, 6.45) is 3.84. The molecule has 0 unspecified atom stereocenters. The molecule has 15 heavy (non-hydrogen) atoms. The molecule has 0 aliphatic carbocycles. The zero-order chi connectivity index (χ0) is 11.6. The number of carbonyl (C=O) groups is 1. The van der Waals surface area contributed by atoms with Crippen LogP contribution in [0.25, 0.3) is 0 Å². The van der Waals surface area contributed by atoms with E-state index in [1.807, 2.05) is 27.7 Å². The van der Waals surface area contributed by atoms with E-state index in [1.165, 1.54) is 11.1 Å². The second-order valence-electron chi connectivity index (χ2n) is 4.50. The molecule has 0 atom stereocenters. The van der Waals surface area contributed by atoms with E-state index in [1.54, 1.807) is 12.3 Å². The van der Waals surface area contributed by atoms with Crippen LogP contribution in [0.1, 0.15) is 27.7 Å². The lowest BCUT2D eigenvalue weighted by atomic mass is 9.91. The molecule has 0 aromatic carbocycles. The maximum Gasteiger partial charge on any atom is 0.415 e. The number of hydrogen-bond acceptors (Lipinski definition) is 2. The summed E-state index contributed by atoms with van der Waals surface area (Å²) in [5.41, 5.74) is 1.21. The highest BCUT2D eigenvalue weighted by Gasteiger charge is 2.26. The van der Waals surface area contributed by atoms with Crippen molar-refractivity contribution in [3.63, 3.8) is 0 Å². The third kappa shape index (κ3) is 2.68. The Morgan fingerprint density at radius 3 is 2.53 bits per heavy atom. The van der Waals surface area contributed by atoms with Crippen LogP contribution in [0.2, 0.25) is 0 Å². The summed E-state index contributed by atoms with van der Waals surface area (Å²) in [6, 6.07) is 0. The first-order valence-electron chi connectivity index (χ1n) is 4.78. The lowest BCUT2D eigenvalue weighted by Gasteiger charge is -2.28. The Bertz CT molecular complexity index is 359. The molecule has 1 aliphatic rings. The lowest BCUT2D eigenvalue weighted by molar-refractivity contribution is 0.165. The normalized spacial score (nSPS) is 16.9. The highest BCUT2D eigenvalue weighted by atomic mass is 16.4. The van der Waals surface area contributed by atoms with Gasteiger partial charge in [0.2, 0.25) is 0 Å². The van der Waals surface area contributed by atoms with Crippen LogP contribution in [-0.4, -0.2) is 21.8 Å². The van der Waals surface area contributed by atoms with Gasteiger partial charge in [-0.15, -0.1) is 0 Å². The average molecular weight is 208 g/mol. The Labute approximate surface area is 89.6 Å². The van der Waals surface area contributed by atoms with Gasteiger partial charge in [-0.25, -0.2) is 4.79 Å². The number of allylic oxidation sites excluding steroid dienone is 2. The molecule has 1 N–H and O–H groups in total. The highest BCUT2D eigenvalue weighted by Crippen LogP contribution is 2.29. The van der Waals surface area contributed by atoms with E-state index in [9.17, 15) is 4.79 Å². The molecule has 0 radical (unpaired) electrons. The average Bonchev–Trinajstić information content (AvgIpc) is 2.25. The molecular formula is C11H16N2O2. The van der Waals surface area contributed by atoms with Crippen molar-refractivity contribution < 1.29 is 9.90 Å². The largest absolute Gasteiger partial charge is 0.464 e. The predicted octanol–water partition coefficient (Wildman–Crippen LogP) is 2.84. The van der Waals surface area contributed by atoms with Gasteiger partial charge in [0.15, 0.2) is 0 Å². The van der Waals surface area contributed by atoms with E-state index in [0.29, 0.717) is 5.70 Å². The molecule has 1 rings (SSSR count). The molecule has 0 aromatic heterocycles. The van der Waals surface area contributed by atoms with Crippen LogP contribution in [0.5, 0.6) is 0 Å². The van der Waals surface area contributed by atoms with Crippen LogP contribution >= 0.6 is 0 Å². The first-order chi connectivity index (χ1) is 6.82. The van der Waals surface area contributed by atoms with Crippen molar-refractivity contribution in [1.82, 2.24) is 4.90 Å². The Hall–Kier alpha value is -1.58. The van der Waals surface area contributed by atoms with Gasteiger partial charge < -0.3 is 5.11 Å². The van der Waals surface area contributed by atoms with Gasteiger partial charge in [0.1, 0.15) is 0 Å². The van der Waals surface area contributed by atoms with E-state index >= 15 is 0 Å². The van der Waals surface area contributed by atoms with Gasteiger partial charge in [-0.3, -0.25) is 9.89 Å². The van der Waals surface area contributed by atoms with Crippen LogP contribution in [-0.2, 0) is 0 Å². The summed E-state index contributed by atoms with van der Waals surface area (Å²) < 4.78 is 0. The van der Waals surface area contributed by atoms with Gasteiger partial charge in [-0.2, -0.15) is 0 Å². The Morgan fingerprint density at radius 2 is 2.07 bits per heavy atom. The van der Waals surface area contributed by atoms with Gasteiger partial charge in [0.05, 0.1) is 5.70 Å². The van der Waals surface area contributed by atoms with Crippen LogP contribution in [0.15, 0.2) is 29.2 Å². The fourth-order valence-corrected chi connectivity index (χ4v) is 1.25. The molecule has 4 nitrogen and oxygen atoms in total. The number of nitrogens with zero attached hydrogens (tertiary/aromatic N) is 2. The SMILES string of the molecule is CC1=NC=C(C(C)(C)C)N(C(=O)O)C=C1. The molecule has 1 heterocycles. The molecule has 1 aliphatic heterocycles. The lowest BCUT2D eigenvalue weighted by Crippen LogP contribution is -2.30. The van der Waals surface area contributed by atoms with E-state index in [4.69, 9.17) is 5.11 Å². The topological polar surface area (TPSA) is 52.9 Å². The maximum absolute atomic E-state index is 11.1. The third-order valence-corrected chi connectivity index (χ3v) is 2.09. The van der Waals surface area contributed by atoms with Gasteiger partial charge in [0.25, 0.3) is 0 Å². The zero-order valence-corrected chi connectivity index (χ0v) is 9.48. The minimum absolute atomic E-state index is 0.253. The molecule has 0 spiro atoms. The van der Waals surface area contributed by atoms with Crippen molar-refractivity contribution in [2.24, 2.45) is 10.4 Å². The summed E-state index contributed by atoms with van der Waals surface area (Å²) in [7, 11) is 0. The molecule has 1 amide bonds. The molecule has 0 saturated carbocycles. The summed E-state index contributed by atoms with van der Waals surface area (Å²) in [4.78, 5) is 16.4. The fraction of sp³-hybridized carbons (Fsp3) is 0.455. The van der Waals surface area contributed by atoms with Gasteiger partial charge in [-0.05, 0) is 13.0 Å². The van der Waals surface area contributed by atoms with Crippen molar-refractivity contribution in [3.05, 3.63) is 24.2 Å². The molecular weight excluding hydrogens is 192 g/mol. The Kier molecular flexibility index (Phi) is 2.98. The van der Waals surface area contributed by atoms with Crippen LogP contribution in [0.3, 0.4) is 0 Å². The van der Waals surface area contributed by atoms with Crippen molar-refractivity contribution in [2.45, 2.75) is 27.7 Å². The van der Waals surface area contributed by atoms with E-state index in [-0.39, 0.29) is 5.41 Å². The molecule has 82 valence electrons. The van der Waals surface area contributed by atoms with Crippen molar-refractivity contribution in [3.8, 4) is 0 Å². The van der Waals surface area contributed by atoms with Crippen molar-refractivity contribution in [2.75, 3.05) is 0 Å². The zero-order valence-electron chi connectivity index (χ0n) is 9.48.